The quantitative estimate of drug-likeness (QED) is 0.668. The van der Waals surface area contributed by atoms with Gasteiger partial charge in [-0.15, -0.1) is 0 Å². The van der Waals surface area contributed by atoms with Crippen LogP contribution in [0.25, 0.3) is 0 Å². The van der Waals surface area contributed by atoms with Gasteiger partial charge in [-0.05, 0) is 13.3 Å². The van der Waals surface area contributed by atoms with Crippen molar-refractivity contribution in [1.82, 2.24) is 10.0 Å². The number of amides is 3. The van der Waals surface area contributed by atoms with Crippen molar-refractivity contribution in [2.45, 2.75) is 31.9 Å². The Labute approximate surface area is 99.7 Å². The van der Waals surface area contributed by atoms with Gasteiger partial charge in [0.1, 0.15) is 0 Å². The van der Waals surface area contributed by atoms with Gasteiger partial charge in [0.25, 0.3) is 5.91 Å². The highest BCUT2D eigenvalue weighted by Crippen LogP contribution is 2.07. The lowest BCUT2D eigenvalue weighted by Gasteiger charge is -2.19. The first-order valence-electron chi connectivity index (χ1n) is 5.27. The van der Waals surface area contributed by atoms with Gasteiger partial charge in [-0.1, -0.05) is 13.3 Å². The Hall–Kier alpha value is -1.28. The average molecular weight is 261 g/mol. The van der Waals surface area contributed by atoms with Gasteiger partial charge in [-0.25, -0.2) is 22.9 Å². The maximum absolute atomic E-state index is 11.8. The van der Waals surface area contributed by atoms with Crippen LogP contribution >= 0.6 is 0 Å². The second-order valence-corrected chi connectivity index (χ2v) is 5.57. The van der Waals surface area contributed by atoms with Gasteiger partial charge in [-0.3, -0.25) is 10.1 Å². The van der Waals surface area contributed by atoms with E-state index in [4.69, 9.17) is 0 Å². The van der Waals surface area contributed by atoms with Crippen molar-refractivity contribution in [2.75, 3.05) is 6.54 Å². The van der Waals surface area contributed by atoms with Gasteiger partial charge >= 0.3 is 6.03 Å². The first kappa shape index (κ1) is 13.8. The van der Waals surface area contributed by atoms with Crippen molar-refractivity contribution in [3.8, 4) is 0 Å². The summed E-state index contributed by atoms with van der Waals surface area (Å²) in [6.45, 7) is 3.54. The number of aliphatic imine (C=N–C) groups is 1. The van der Waals surface area contributed by atoms with Crippen molar-refractivity contribution in [2.24, 2.45) is 4.99 Å². The first-order valence-corrected chi connectivity index (χ1v) is 6.81. The van der Waals surface area contributed by atoms with Crippen LogP contribution in [-0.4, -0.2) is 37.9 Å². The van der Waals surface area contributed by atoms with Crippen molar-refractivity contribution in [3.05, 3.63) is 0 Å². The van der Waals surface area contributed by atoms with E-state index in [1.807, 2.05) is 12.2 Å². The molecule has 0 saturated heterocycles. The van der Waals surface area contributed by atoms with Crippen LogP contribution in [0.3, 0.4) is 0 Å². The predicted octanol–water partition coefficient (Wildman–Crippen LogP) is -0.215. The van der Waals surface area contributed by atoms with Crippen LogP contribution in [0.15, 0.2) is 4.99 Å². The number of sulfonamides is 1. The Morgan fingerprint density at radius 3 is 2.59 bits per heavy atom. The Bertz CT molecular complexity index is 455. The second kappa shape index (κ2) is 5.37. The van der Waals surface area contributed by atoms with Crippen LogP contribution < -0.4 is 10.0 Å². The van der Waals surface area contributed by atoms with E-state index in [-0.39, 0.29) is 12.3 Å². The molecule has 1 unspecified atom stereocenters. The molecule has 2 N–H and O–H groups in total. The number of imide groups is 1. The van der Waals surface area contributed by atoms with E-state index in [1.165, 1.54) is 6.92 Å². The van der Waals surface area contributed by atoms with Gasteiger partial charge < -0.3 is 0 Å². The fourth-order valence-corrected chi connectivity index (χ4v) is 2.89. The summed E-state index contributed by atoms with van der Waals surface area (Å²) in [6, 6.07) is -0.826. The Morgan fingerprint density at radius 2 is 2.06 bits per heavy atom. The molecule has 0 aromatic carbocycles. The fourth-order valence-electron chi connectivity index (χ4n) is 1.45. The molecule has 0 aromatic heterocycles. The van der Waals surface area contributed by atoms with E-state index in [0.717, 1.165) is 6.42 Å². The van der Waals surface area contributed by atoms with E-state index >= 15 is 0 Å². The molecule has 1 aliphatic rings. The number of nitrogens with zero attached hydrogens (tertiary/aromatic N) is 1. The fraction of sp³-hybridized carbons (Fsp3) is 0.667. The maximum Gasteiger partial charge on any atom is 0.347 e. The SMILES string of the molecule is CCCCNS(=O)(=O)C1C(=O)NC(=O)N=C1C. The molecule has 1 atom stereocenters. The highest BCUT2D eigenvalue weighted by molar-refractivity contribution is 7.91. The Balaban J connectivity index is 2.87. The summed E-state index contributed by atoms with van der Waals surface area (Å²) in [4.78, 5) is 25.8. The summed E-state index contributed by atoms with van der Waals surface area (Å²) in [6.07, 6.45) is 1.52. The van der Waals surface area contributed by atoms with Crippen LogP contribution in [0.4, 0.5) is 4.79 Å². The van der Waals surface area contributed by atoms with E-state index in [1.54, 1.807) is 0 Å². The molecule has 8 heteroatoms. The minimum absolute atomic E-state index is 0.0113. The molecule has 1 aliphatic heterocycles. The molecule has 1 heterocycles. The second-order valence-electron chi connectivity index (χ2n) is 3.72. The molecule has 0 saturated carbocycles. The minimum atomic E-state index is -3.82. The van der Waals surface area contributed by atoms with Crippen molar-refractivity contribution in [1.29, 1.82) is 0 Å². The Kier molecular flexibility index (Phi) is 4.35. The molecule has 0 bridgehead atoms. The van der Waals surface area contributed by atoms with Crippen LogP contribution in [0.2, 0.25) is 0 Å². The zero-order valence-corrected chi connectivity index (χ0v) is 10.5. The average Bonchev–Trinajstić information content (AvgIpc) is 2.15. The zero-order chi connectivity index (χ0) is 13.1. The van der Waals surface area contributed by atoms with E-state index in [2.05, 4.69) is 9.71 Å². The highest BCUT2D eigenvalue weighted by Gasteiger charge is 2.38. The highest BCUT2D eigenvalue weighted by atomic mass is 32.2. The van der Waals surface area contributed by atoms with Crippen molar-refractivity contribution < 1.29 is 18.0 Å². The van der Waals surface area contributed by atoms with E-state index < -0.39 is 27.2 Å². The number of carbonyl (C=O) groups is 2. The first-order chi connectivity index (χ1) is 7.88. The smallest absolute Gasteiger partial charge is 0.275 e. The number of unbranched alkanes of at least 4 members (excludes halogenated alkanes) is 1. The number of nitrogens with one attached hydrogen (secondary N) is 2. The molecule has 96 valence electrons. The molecule has 0 aliphatic carbocycles. The maximum atomic E-state index is 11.8. The molecule has 0 radical (unpaired) electrons. The molecule has 0 aromatic rings. The molecule has 17 heavy (non-hydrogen) atoms. The van der Waals surface area contributed by atoms with Crippen LogP contribution in [0, 0.1) is 0 Å². The normalized spacial score (nSPS) is 21.1. The summed E-state index contributed by atoms with van der Waals surface area (Å²) >= 11 is 0. The minimum Gasteiger partial charge on any atom is -0.275 e. The third-order valence-electron chi connectivity index (χ3n) is 2.27. The number of rotatable bonds is 5. The van der Waals surface area contributed by atoms with E-state index in [0.29, 0.717) is 6.42 Å². The summed E-state index contributed by atoms with van der Waals surface area (Å²) in [5.74, 6) is -0.855. The summed E-state index contributed by atoms with van der Waals surface area (Å²) < 4.78 is 26.0. The number of hydrogen-bond donors (Lipinski definition) is 2. The Morgan fingerprint density at radius 1 is 1.41 bits per heavy atom. The lowest BCUT2D eigenvalue weighted by molar-refractivity contribution is -0.118. The topological polar surface area (TPSA) is 105 Å². The van der Waals surface area contributed by atoms with Crippen LogP contribution in [0.5, 0.6) is 0 Å². The van der Waals surface area contributed by atoms with Crippen LogP contribution in [0.1, 0.15) is 26.7 Å². The van der Waals surface area contributed by atoms with E-state index in [9.17, 15) is 18.0 Å². The van der Waals surface area contributed by atoms with Gasteiger partial charge in [0.15, 0.2) is 5.25 Å². The largest absolute Gasteiger partial charge is 0.347 e. The van der Waals surface area contributed by atoms with Gasteiger partial charge in [0, 0.05) is 12.3 Å². The number of urea groups is 1. The molecule has 1 rings (SSSR count). The molecule has 7 nitrogen and oxygen atoms in total. The van der Waals surface area contributed by atoms with Gasteiger partial charge in [0.2, 0.25) is 10.0 Å². The standard InChI is InChI=1S/C9H15N3O4S/c1-3-4-5-10-17(15,16)7-6(2)11-9(14)12-8(7)13/h7,10H,3-5H2,1-2H3,(H,12,13,14). The lowest BCUT2D eigenvalue weighted by atomic mass is 10.2. The molecule has 0 fully saturated rings. The number of hydrogen-bond acceptors (Lipinski definition) is 4. The van der Waals surface area contributed by atoms with Crippen molar-refractivity contribution >= 4 is 27.7 Å². The molecule has 0 spiro atoms. The summed E-state index contributed by atoms with van der Waals surface area (Å²) in [5, 5.41) is 0.452. The van der Waals surface area contributed by atoms with Gasteiger partial charge in [-0.2, -0.15) is 0 Å². The summed E-state index contributed by atoms with van der Waals surface area (Å²) in [7, 11) is -3.82. The number of carbonyl (C=O) groups excluding carboxylic acids is 2. The zero-order valence-electron chi connectivity index (χ0n) is 9.69. The van der Waals surface area contributed by atoms with Crippen LogP contribution in [-0.2, 0) is 14.8 Å². The van der Waals surface area contributed by atoms with Gasteiger partial charge in [0.05, 0.1) is 0 Å². The predicted molar refractivity (Wildman–Crippen MR) is 62.3 cm³/mol. The lowest BCUT2D eigenvalue weighted by Crippen LogP contribution is -2.53. The molecular weight excluding hydrogens is 246 g/mol. The molecular formula is C9H15N3O4S. The third kappa shape index (κ3) is 3.34. The molecule has 3 amide bonds. The summed E-state index contributed by atoms with van der Waals surface area (Å²) in [5.41, 5.74) is -0.0113. The monoisotopic (exact) mass is 261 g/mol. The van der Waals surface area contributed by atoms with Crippen molar-refractivity contribution in [3.63, 3.8) is 0 Å². The third-order valence-corrected chi connectivity index (χ3v) is 4.05.